The molecular weight excluding hydrogens is 567 g/mol. The second kappa shape index (κ2) is 12.7. The van der Waals surface area contributed by atoms with Crippen LogP contribution < -0.4 is 9.62 Å². The van der Waals surface area contributed by atoms with Crippen molar-refractivity contribution in [1.29, 1.82) is 0 Å². The van der Waals surface area contributed by atoms with E-state index in [0.717, 1.165) is 23.3 Å². The molecular formula is C28H29ClF3N3O4S. The molecule has 2 amide bonds. The topological polar surface area (TPSA) is 86.8 Å². The molecule has 7 nitrogen and oxygen atoms in total. The van der Waals surface area contributed by atoms with Gasteiger partial charge in [-0.15, -0.1) is 0 Å². The molecule has 0 aliphatic heterocycles. The number of anilines is 1. The first-order valence-corrected chi connectivity index (χ1v) is 14.1. The van der Waals surface area contributed by atoms with Gasteiger partial charge < -0.3 is 10.2 Å². The maximum Gasteiger partial charge on any atom is 0.417 e. The van der Waals surface area contributed by atoms with Gasteiger partial charge in [0.2, 0.25) is 11.8 Å². The summed E-state index contributed by atoms with van der Waals surface area (Å²) in [4.78, 5) is 27.5. The van der Waals surface area contributed by atoms with E-state index in [0.29, 0.717) is 16.9 Å². The molecule has 0 aliphatic rings. The number of carbonyl (C=O) groups is 2. The van der Waals surface area contributed by atoms with Gasteiger partial charge in [0.25, 0.3) is 10.0 Å². The number of hydrogen-bond acceptors (Lipinski definition) is 4. The van der Waals surface area contributed by atoms with Gasteiger partial charge in [-0.25, -0.2) is 8.42 Å². The molecule has 0 aliphatic carbocycles. The molecule has 0 aromatic heterocycles. The van der Waals surface area contributed by atoms with E-state index in [2.05, 4.69) is 5.32 Å². The number of amides is 2. The summed E-state index contributed by atoms with van der Waals surface area (Å²) in [6.07, 6.45) is -4.87. The predicted molar refractivity (Wildman–Crippen MR) is 147 cm³/mol. The zero-order chi connectivity index (χ0) is 29.7. The Morgan fingerprint density at radius 1 is 1.00 bits per heavy atom. The molecule has 3 aromatic rings. The maximum absolute atomic E-state index is 13.8. The average molecular weight is 596 g/mol. The molecule has 0 saturated carbocycles. The van der Waals surface area contributed by atoms with Gasteiger partial charge in [-0.1, -0.05) is 54.1 Å². The third-order valence-corrected chi connectivity index (χ3v) is 8.39. The maximum atomic E-state index is 13.8. The third kappa shape index (κ3) is 7.14. The van der Waals surface area contributed by atoms with Crippen molar-refractivity contribution in [3.63, 3.8) is 0 Å². The lowest BCUT2D eigenvalue weighted by atomic mass is 10.1. The molecule has 0 fully saturated rings. The predicted octanol–water partition coefficient (Wildman–Crippen LogP) is 5.42. The summed E-state index contributed by atoms with van der Waals surface area (Å²) in [7, 11) is -4.52. The van der Waals surface area contributed by atoms with Crippen LogP contribution in [0.3, 0.4) is 0 Å². The lowest BCUT2D eigenvalue weighted by Crippen LogP contribution is -2.51. The molecule has 3 rings (SSSR count). The van der Waals surface area contributed by atoms with Gasteiger partial charge in [0, 0.05) is 13.1 Å². The summed E-state index contributed by atoms with van der Waals surface area (Å²) in [5.41, 5.74) is -0.102. The fourth-order valence-corrected chi connectivity index (χ4v) is 5.66. The van der Waals surface area contributed by atoms with Crippen molar-refractivity contribution in [3.8, 4) is 0 Å². The molecule has 1 unspecified atom stereocenters. The smallest absolute Gasteiger partial charge is 0.355 e. The number of likely N-dealkylation sites (N-methyl/N-ethyl adjacent to an activating group) is 1. The molecule has 1 N–H and O–H groups in total. The highest BCUT2D eigenvalue weighted by atomic mass is 35.5. The van der Waals surface area contributed by atoms with Gasteiger partial charge in [0.1, 0.15) is 12.6 Å². The number of benzene rings is 3. The minimum absolute atomic E-state index is 0.0303. The fraction of sp³-hybridized carbons (Fsp3) is 0.286. The van der Waals surface area contributed by atoms with Gasteiger partial charge in [0.15, 0.2) is 0 Å². The molecule has 0 radical (unpaired) electrons. The Morgan fingerprint density at radius 3 is 2.23 bits per heavy atom. The van der Waals surface area contributed by atoms with Crippen LogP contribution in [-0.4, -0.2) is 44.3 Å². The van der Waals surface area contributed by atoms with Crippen molar-refractivity contribution < 1.29 is 31.2 Å². The van der Waals surface area contributed by atoms with Crippen LogP contribution in [-0.2, 0) is 32.3 Å². The van der Waals surface area contributed by atoms with Crippen molar-refractivity contribution in [2.75, 3.05) is 17.4 Å². The van der Waals surface area contributed by atoms with Gasteiger partial charge in [0.05, 0.1) is 21.2 Å². The van der Waals surface area contributed by atoms with Gasteiger partial charge in [-0.2, -0.15) is 13.2 Å². The highest BCUT2D eigenvalue weighted by molar-refractivity contribution is 7.92. The van der Waals surface area contributed by atoms with E-state index < -0.39 is 56.9 Å². The Labute approximate surface area is 236 Å². The van der Waals surface area contributed by atoms with Crippen LogP contribution >= 0.6 is 11.6 Å². The zero-order valence-electron chi connectivity index (χ0n) is 22.1. The van der Waals surface area contributed by atoms with Crippen molar-refractivity contribution in [2.24, 2.45) is 0 Å². The second-order valence-corrected chi connectivity index (χ2v) is 11.3. The number of rotatable bonds is 10. The molecule has 1 atom stereocenters. The number of hydrogen-bond donors (Lipinski definition) is 1. The summed E-state index contributed by atoms with van der Waals surface area (Å²) in [6.45, 7) is 4.44. The van der Waals surface area contributed by atoms with Crippen molar-refractivity contribution >= 4 is 39.1 Å². The first-order valence-electron chi connectivity index (χ1n) is 12.3. The van der Waals surface area contributed by atoms with Gasteiger partial charge in [-0.3, -0.25) is 13.9 Å². The van der Waals surface area contributed by atoms with Crippen LogP contribution in [0.25, 0.3) is 0 Å². The van der Waals surface area contributed by atoms with E-state index in [1.807, 2.05) is 19.1 Å². The number of sulfonamides is 1. The summed E-state index contributed by atoms with van der Waals surface area (Å²) in [5.74, 6) is -1.25. The van der Waals surface area contributed by atoms with E-state index in [1.165, 1.54) is 36.1 Å². The SMILES string of the molecule is CCNC(=O)C(C)N(Cc1ccccc1C)C(=O)CN(c1ccc(Cl)c(C(F)(F)F)c1)S(=O)(=O)c1ccccc1. The van der Waals surface area contributed by atoms with Crippen LogP contribution in [0.5, 0.6) is 0 Å². The van der Waals surface area contributed by atoms with Gasteiger partial charge in [-0.05, 0) is 62.2 Å². The second-order valence-electron chi connectivity index (χ2n) is 9.01. The summed E-state index contributed by atoms with van der Waals surface area (Å²) in [6, 6.07) is 15.8. The monoisotopic (exact) mass is 595 g/mol. The van der Waals surface area contributed by atoms with Crippen LogP contribution in [0, 0.1) is 6.92 Å². The van der Waals surface area contributed by atoms with Crippen LogP contribution in [0.4, 0.5) is 18.9 Å². The molecule has 40 heavy (non-hydrogen) atoms. The zero-order valence-corrected chi connectivity index (χ0v) is 23.6. The first-order chi connectivity index (χ1) is 18.8. The van der Waals surface area contributed by atoms with Crippen molar-refractivity contribution in [2.45, 2.75) is 44.4 Å². The molecule has 0 bridgehead atoms. The Kier molecular flexibility index (Phi) is 9.86. The van der Waals surface area contributed by atoms with E-state index in [1.54, 1.807) is 25.1 Å². The van der Waals surface area contributed by atoms with E-state index in [4.69, 9.17) is 11.6 Å². The highest BCUT2D eigenvalue weighted by Gasteiger charge is 2.37. The lowest BCUT2D eigenvalue weighted by molar-refractivity contribution is -0.139. The van der Waals surface area contributed by atoms with Crippen molar-refractivity contribution in [3.05, 3.63) is 94.5 Å². The number of aryl methyl sites for hydroxylation is 1. The number of carbonyl (C=O) groups excluding carboxylic acids is 2. The third-order valence-electron chi connectivity index (χ3n) is 6.27. The van der Waals surface area contributed by atoms with E-state index in [-0.39, 0.29) is 11.4 Å². The standard InChI is InChI=1S/C28H29ClF3N3O4S/c1-4-33-27(37)20(3)34(17-21-11-9-8-10-19(21)2)26(36)18-35(40(38,39)23-12-6-5-7-13-23)22-14-15-25(29)24(16-22)28(30,31)32/h5-16,20H,4,17-18H2,1-3H3,(H,33,37). The van der Waals surface area contributed by atoms with Gasteiger partial charge >= 0.3 is 6.18 Å². The number of halogens is 4. The molecule has 12 heteroatoms. The Balaban J connectivity index is 2.12. The fourth-order valence-electron chi connectivity index (χ4n) is 4.01. The van der Waals surface area contributed by atoms with E-state index >= 15 is 0 Å². The molecule has 0 saturated heterocycles. The summed E-state index contributed by atoms with van der Waals surface area (Å²) in [5, 5.41) is 2.03. The Bertz CT molecular complexity index is 1470. The number of alkyl halides is 3. The molecule has 3 aromatic carbocycles. The Morgan fingerprint density at radius 2 is 1.62 bits per heavy atom. The minimum Gasteiger partial charge on any atom is -0.355 e. The normalized spacial score (nSPS) is 12.5. The van der Waals surface area contributed by atoms with Crippen LogP contribution in [0.1, 0.15) is 30.5 Å². The first kappa shape index (κ1) is 31.0. The van der Waals surface area contributed by atoms with E-state index in [9.17, 15) is 31.2 Å². The minimum atomic E-state index is -4.87. The summed E-state index contributed by atoms with van der Waals surface area (Å²) >= 11 is 5.78. The van der Waals surface area contributed by atoms with Crippen LogP contribution in [0.15, 0.2) is 77.7 Å². The van der Waals surface area contributed by atoms with Crippen LogP contribution in [0.2, 0.25) is 5.02 Å². The number of nitrogens with one attached hydrogen (secondary N) is 1. The lowest BCUT2D eigenvalue weighted by Gasteiger charge is -2.32. The quantitative estimate of drug-likeness (QED) is 0.339. The van der Waals surface area contributed by atoms with Crippen molar-refractivity contribution in [1.82, 2.24) is 10.2 Å². The highest BCUT2D eigenvalue weighted by Crippen LogP contribution is 2.38. The average Bonchev–Trinajstić information content (AvgIpc) is 2.91. The summed E-state index contributed by atoms with van der Waals surface area (Å²) < 4.78 is 69.1. The number of nitrogens with zero attached hydrogens (tertiary/aromatic N) is 2. The largest absolute Gasteiger partial charge is 0.417 e. The molecule has 0 spiro atoms. The molecule has 214 valence electrons. The Hall–Kier alpha value is -3.57. The molecule has 0 heterocycles.